The Balaban J connectivity index is 0.000000133. The van der Waals surface area contributed by atoms with Crippen molar-refractivity contribution < 1.29 is 0 Å². The predicted octanol–water partition coefficient (Wildman–Crippen LogP) is 7.02. The van der Waals surface area contributed by atoms with Crippen molar-refractivity contribution in [1.29, 1.82) is 0 Å². The van der Waals surface area contributed by atoms with Crippen LogP contribution < -0.4 is 0 Å². The summed E-state index contributed by atoms with van der Waals surface area (Å²) in [4.78, 5) is 28.1. The minimum absolute atomic E-state index is 0.496. The Morgan fingerprint density at radius 3 is 1.95 bits per heavy atom. The van der Waals surface area contributed by atoms with Gasteiger partial charge in [0, 0.05) is 32.3 Å². The van der Waals surface area contributed by atoms with Gasteiger partial charge < -0.3 is 14.1 Å². The summed E-state index contributed by atoms with van der Waals surface area (Å²) < 4.78 is 3.88. The molecule has 9 nitrogen and oxygen atoms in total. The second kappa shape index (κ2) is 12.8. The number of fused-ring (bicyclic) bond motifs is 3. The van der Waals surface area contributed by atoms with Gasteiger partial charge in [-0.15, -0.1) is 35.3 Å². The zero-order chi connectivity index (χ0) is 27.4. The maximum absolute atomic E-state index is 5.87. The molecule has 0 spiro atoms. The first-order chi connectivity index (χ1) is 18.2. The Bertz CT molecular complexity index is 1710. The van der Waals surface area contributed by atoms with Crippen molar-refractivity contribution in [3.8, 4) is 0 Å². The molecule has 0 atom stereocenters. The number of hydrogen-bond donors (Lipinski definition) is 1. The van der Waals surface area contributed by atoms with Crippen molar-refractivity contribution >= 4 is 103 Å². The molecule has 0 saturated carbocycles. The number of H-pyrrole nitrogens is 1. The van der Waals surface area contributed by atoms with E-state index in [1.54, 1.807) is 54.6 Å². The number of thioether (sulfide) groups is 3. The van der Waals surface area contributed by atoms with Crippen LogP contribution in [0.1, 0.15) is 0 Å². The molecule has 1 N–H and O–H groups in total. The lowest BCUT2D eigenvalue weighted by Gasteiger charge is -2.00. The van der Waals surface area contributed by atoms with Crippen molar-refractivity contribution in [3.05, 3.63) is 52.6 Å². The lowest BCUT2D eigenvalue weighted by Crippen LogP contribution is -1.89. The van der Waals surface area contributed by atoms with Crippen molar-refractivity contribution in [3.63, 3.8) is 0 Å². The second-order valence-corrected chi connectivity index (χ2v) is 11.2. The highest BCUT2D eigenvalue weighted by molar-refractivity contribution is 7.99. The number of rotatable bonds is 3. The van der Waals surface area contributed by atoms with Crippen LogP contribution in [0.3, 0.4) is 0 Å². The van der Waals surface area contributed by atoms with E-state index in [1.165, 1.54) is 11.8 Å². The van der Waals surface area contributed by atoms with E-state index in [-0.39, 0.29) is 0 Å². The Kier molecular flexibility index (Phi) is 9.66. The predicted molar refractivity (Wildman–Crippen MR) is 161 cm³/mol. The molecule has 6 heterocycles. The number of aromatic amines is 1. The highest BCUT2D eigenvalue weighted by Crippen LogP contribution is 2.27. The van der Waals surface area contributed by atoms with Gasteiger partial charge in [0.25, 0.3) is 0 Å². The van der Waals surface area contributed by atoms with Crippen LogP contribution in [0, 0.1) is 0 Å². The molecule has 38 heavy (non-hydrogen) atoms. The highest BCUT2D eigenvalue weighted by Gasteiger charge is 2.09. The molecule has 6 aromatic rings. The molecule has 0 aliphatic rings. The maximum atomic E-state index is 5.87. The summed E-state index contributed by atoms with van der Waals surface area (Å²) in [6, 6.07) is 5.36. The smallest absolute Gasteiger partial charge is 0.132 e. The normalized spacial score (nSPS) is 10.9. The monoisotopic (exact) mass is 625 g/mol. The van der Waals surface area contributed by atoms with Crippen LogP contribution in [0.5, 0.6) is 0 Å². The van der Waals surface area contributed by atoms with Gasteiger partial charge in [-0.3, -0.25) is 0 Å². The third kappa shape index (κ3) is 6.32. The number of hydrogen-bond acceptors (Lipinski definition) is 9. The average molecular weight is 627 g/mol. The number of nitrogens with zero attached hydrogens (tertiary/aromatic N) is 8. The fourth-order valence-electron chi connectivity index (χ4n) is 3.49. The zero-order valence-corrected chi connectivity index (χ0v) is 25.6. The van der Waals surface area contributed by atoms with Crippen LogP contribution in [0.2, 0.25) is 15.5 Å². The number of halogens is 3. The number of imidazole rings is 3. The van der Waals surface area contributed by atoms with E-state index in [1.807, 2.05) is 48.1 Å². The second-order valence-electron chi connectivity index (χ2n) is 7.61. The molecule has 15 heteroatoms. The molecule has 0 radical (unpaired) electrons. The van der Waals surface area contributed by atoms with Gasteiger partial charge >= 0.3 is 0 Å². The lowest BCUT2D eigenvalue weighted by atomic mass is 10.4. The molecule has 0 bridgehead atoms. The first kappa shape index (κ1) is 28.8. The molecule has 6 rings (SSSR count). The van der Waals surface area contributed by atoms with Gasteiger partial charge in [-0.2, -0.15) is 0 Å². The van der Waals surface area contributed by atoms with Crippen molar-refractivity contribution in [2.45, 2.75) is 15.1 Å². The van der Waals surface area contributed by atoms with Gasteiger partial charge in [0.05, 0.1) is 35.5 Å². The minimum atomic E-state index is 0.496. The standard InChI is InChI=1S/2C8H8ClN3S.C7H6ClN3S/c1-12-4-10-7-5(12)3-6(9)11-8(7)13-2;1-12-4-10-5-3-6(9)11-8(13-2)7(5)12;1-12-7-6-4(9-3-10-6)2-5(8)11-7/h2*3-4H,1-2H3;2-3H,1H3,(H,9,10). The molecule has 6 aromatic heterocycles. The Hall–Kier alpha value is -2.22. The van der Waals surface area contributed by atoms with Gasteiger partial charge in [0.15, 0.2) is 0 Å². The third-order valence-electron chi connectivity index (χ3n) is 5.20. The number of aryl methyl sites for hydroxylation is 2. The molecule has 0 amide bonds. The van der Waals surface area contributed by atoms with Gasteiger partial charge in [-0.05, 0) is 18.8 Å². The SMILES string of the molecule is CSc1nc(Cl)cc2[nH]cnc12.CSc1nc(Cl)cc2c1ncn2C.CSc1nc(Cl)cc2ncn(C)c12. The van der Waals surface area contributed by atoms with E-state index in [2.05, 4.69) is 34.9 Å². The fraction of sp³-hybridized carbons (Fsp3) is 0.217. The number of nitrogens with one attached hydrogen (secondary N) is 1. The van der Waals surface area contributed by atoms with Crippen molar-refractivity contribution in [1.82, 2.24) is 44.0 Å². The van der Waals surface area contributed by atoms with Crippen LogP contribution in [-0.2, 0) is 14.1 Å². The Labute approximate surface area is 246 Å². The summed E-state index contributed by atoms with van der Waals surface area (Å²) in [7, 11) is 3.89. The van der Waals surface area contributed by atoms with Crippen molar-refractivity contribution in [2.24, 2.45) is 14.1 Å². The molecule has 0 saturated heterocycles. The maximum Gasteiger partial charge on any atom is 0.132 e. The largest absolute Gasteiger partial charge is 0.344 e. The van der Waals surface area contributed by atoms with Gasteiger partial charge in [0.1, 0.15) is 47.1 Å². The van der Waals surface area contributed by atoms with E-state index in [4.69, 9.17) is 34.8 Å². The van der Waals surface area contributed by atoms with E-state index in [0.29, 0.717) is 15.5 Å². The fourth-order valence-corrected chi connectivity index (χ4v) is 5.93. The molecule has 0 aliphatic carbocycles. The van der Waals surface area contributed by atoms with E-state index < -0.39 is 0 Å². The lowest BCUT2D eigenvalue weighted by molar-refractivity contribution is 0.928. The van der Waals surface area contributed by atoms with Crippen LogP contribution >= 0.6 is 70.1 Å². The van der Waals surface area contributed by atoms with Crippen LogP contribution in [-0.4, -0.2) is 62.8 Å². The summed E-state index contributed by atoms with van der Waals surface area (Å²) in [5.74, 6) is 0. The average Bonchev–Trinajstić information content (AvgIpc) is 3.62. The summed E-state index contributed by atoms with van der Waals surface area (Å²) >= 11 is 22.2. The summed E-state index contributed by atoms with van der Waals surface area (Å²) in [5, 5.41) is 4.16. The zero-order valence-electron chi connectivity index (χ0n) is 20.9. The first-order valence-electron chi connectivity index (χ1n) is 10.8. The molecular formula is C23H22Cl3N9S3. The quantitative estimate of drug-likeness (QED) is 0.164. The van der Waals surface area contributed by atoms with Crippen molar-refractivity contribution in [2.75, 3.05) is 18.8 Å². The Morgan fingerprint density at radius 1 is 0.684 bits per heavy atom. The van der Waals surface area contributed by atoms with E-state index in [0.717, 1.165) is 48.2 Å². The van der Waals surface area contributed by atoms with Gasteiger partial charge in [-0.1, -0.05) is 34.8 Å². The van der Waals surface area contributed by atoms with Gasteiger partial charge in [0.2, 0.25) is 0 Å². The number of pyridine rings is 3. The van der Waals surface area contributed by atoms with Gasteiger partial charge in [-0.25, -0.2) is 29.9 Å². The molecule has 198 valence electrons. The summed E-state index contributed by atoms with van der Waals surface area (Å²) in [5.41, 5.74) is 5.68. The van der Waals surface area contributed by atoms with Crippen LogP contribution in [0.15, 0.2) is 52.3 Å². The topological polar surface area (TPSA) is 103 Å². The molecular weight excluding hydrogens is 605 g/mol. The molecule has 0 fully saturated rings. The van der Waals surface area contributed by atoms with E-state index >= 15 is 0 Å². The molecule has 0 aromatic carbocycles. The molecule has 0 unspecified atom stereocenters. The summed E-state index contributed by atoms with van der Waals surface area (Å²) in [6.07, 6.45) is 11.1. The first-order valence-corrected chi connectivity index (χ1v) is 15.6. The third-order valence-corrected chi connectivity index (χ3v) is 7.80. The van der Waals surface area contributed by atoms with E-state index in [9.17, 15) is 0 Å². The van der Waals surface area contributed by atoms with Crippen LogP contribution in [0.25, 0.3) is 33.1 Å². The highest BCUT2D eigenvalue weighted by atomic mass is 35.5. The summed E-state index contributed by atoms with van der Waals surface area (Å²) in [6.45, 7) is 0. The Morgan fingerprint density at radius 2 is 1.26 bits per heavy atom. The number of aromatic nitrogens is 9. The molecule has 0 aliphatic heterocycles. The van der Waals surface area contributed by atoms with Crippen LogP contribution in [0.4, 0.5) is 0 Å². The minimum Gasteiger partial charge on any atom is -0.344 e.